The predicted octanol–water partition coefficient (Wildman–Crippen LogP) is 5.06. The molecule has 2 atom stereocenters. The fourth-order valence-corrected chi connectivity index (χ4v) is 3.77. The van der Waals surface area contributed by atoms with Gasteiger partial charge >= 0.3 is 0 Å². The number of allylic oxidation sites excluding steroid dienone is 1. The molecule has 2 heterocycles. The van der Waals surface area contributed by atoms with Crippen LogP contribution in [0.2, 0.25) is 5.02 Å². The van der Waals surface area contributed by atoms with Crippen molar-refractivity contribution in [3.8, 4) is 5.75 Å². The van der Waals surface area contributed by atoms with E-state index in [9.17, 15) is 5.11 Å². The van der Waals surface area contributed by atoms with Crippen LogP contribution in [0, 0.1) is 0 Å². The minimum atomic E-state index is -0.860. The van der Waals surface area contributed by atoms with Gasteiger partial charge in [-0.1, -0.05) is 41.9 Å². The Bertz CT molecular complexity index is 875. The molecule has 0 spiro atoms. The SMILES string of the molecule is C/C(O)=C/C1(C)Oc2ccc(Cl)cc2C2CC(c3ccccc3)=NN21. The fraction of sp³-hybridized carbons (Fsp3) is 0.250. The van der Waals surface area contributed by atoms with E-state index in [1.807, 2.05) is 48.3 Å². The molecule has 4 rings (SSSR count). The van der Waals surface area contributed by atoms with Crippen LogP contribution in [0.1, 0.15) is 37.4 Å². The first-order chi connectivity index (χ1) is 12.0. The van der Waals surface area contributed by atoms with Gasteiger partial charge in [-0.2, -0.15) is 5.10 Å². The Morgan fingerprint density at radius 2 is 2.08 bits per heavy atom. The largest absolute Gasteiger partial charge is 0.513 e. The lowest BCUT2D eigenvalue weighted by atomic mass is 9.94. The Morgan fingerprint density at radius 1 is 1.32 bits per heavy atom. The van der Waals surface area contributed by atoms with E-state index in [1.54, 1.807) is 13.0 Å². The van der Waals surface area contributed by atoms with Crippen molar-refractivity contribution in [1.82, 2.24) is 5.01 Å². The lowest BCUT2D eigenvalue weighted by Gasteiger charge is -2.44. The van der Waals surface area contributed by atoms with Crippen LogP contribution in [0.5, 0.6) is 5.75 Å². The van der Waals surface area contributed by atoms with E-state index in [0.29, 0.717) is 5.02 Å². The molecule has 2 aliphatic heterocycles. The lowest BCUT2D eigenvalue weighted by molar-refractivity contribution is -0.0697. The number of hydrogen-bond acceptors (Lipinski definition) is 4. The maximum Gasteiger partial charge on any atom is 0.218 e. The number of hydrogen-bond donors (Lipinski definition) is 1. The number of halogens is 1. The van der Waals surface area contributed by atoms with Crippen molar-refractivity contribution in [2.24, 2.45) is 5.10 Å². The van der Waals surface area contributed by atoms with Crippen molar-refractivity contribution >= 4 is 17.3 Å². The Hall–Kier alpha value is -2.46. The van der Waals surface area contributed by atoms with Crippen LogP contribution in [0.25, 0.3) is 0 Å². The van der Waals surface area contributed by atoms with Crippen molar-refractivity contribution in [2.75, 3.05) is 0 Å². The van der Waals surface area contributed by atoms with Gasteiger partial charge in [-0.05, 0) is 30.7 Å². The van der Waals surface area contributed by atoms with Crippen LogP contribution in [0.3, 0.4) is 0 Å². The van der Waals surface area contributed by atoms with E-state index in [1.165, 1.54) is 0 Å². The molecule has 128 valence electrons. The third-order valence-electron chi connectivity index (χ3n) is 4.60. The second-order valence-electron chi connectivity index (χ2n) is 6.60. The zero-order valence-corrected chi connectivity index (χ0v) is 14.9. The van der Waals surface area contributed by atoms with Gasteiger partial charge in [0.1, 0.15) is 5.75 Å². The summed E-state index contributed by atoms with van der Waals surface area (Å²) in [6.07, 6.45) is 2.45. The zero-order chi connectivity index (χ0) is 17.6. The Labute approximate surface area is 152 Å². The van der Waals surface area contributed by atoms with Gasteiger partial charge in [0.25, 0.3) is 0 Å². The molecule has 2 aromatic carbocycles. The standard InChI is InChI=1S/C20H19ClN2O2/c1-13(24)12-20(2)23-18(16-10-15(21)8-9-19(16)25-20)11-17(22-23)14-6-4-3-5-7-14/h3-10,12,18,24H,11H2,1-2H3/b13-12-. The van der Waals surface area contributed by atoms with Gasteiger partial charge in [-0.3, -0.25) is 0 Å². The summed E-state index contributed by atoms with van der Waals surface area (Å²) in [4.78, 5) is 0. The molecule has 0 radical (unpaired) electrons. The Kier molecular flexibility index (Phi) is 3.73. The van der Waals surface area contributed by atoms with E-state index >= 15 is 0 Å². The average molecular weight is 355 g/mol. The van der Waals surface area contributed by atoms with Gasteiger partial charge < -0.3 is 9.84 Å². The summed E-state index contributed by atoms with van der Waals surface area (Å²) in [5.74, 6) is 0.970. The summed E-state index contributed by atoms with van der Waals surface area (Å²) in [6.45, 7) is 3.55. The summed E-state index contributed by atoms with van der Waals surface area (Å²) in [5, 5.41) is 17.3. The fourth-order valence-electron chi connectivity index (χ4n) is 3.59. The van der Waals surface area contributed by atoms with Crippen LogP contribution in [0.4, 0.5) is 0 Å². The molecule has 2 aliphatic rings. The smallest absolute Gasteiger partial charge is 0.218 e. The predicted molar refractivity (Wildman–Crippen MR) is 99.0 cm³/mol. The Morgan fingerprint density at radius 3 is 2.80 bits per heavy atom. The molecule has 0 fully saturated rings. The molecule has 0 saturated heterocycles. The topological polar surface area (TPSA) is 45.1 Å². The number of nitrogens with zero attached hydrogens (tertiary/aromatic N) is 2. The Balaban J connectivity index is 1.84. The molecule has 4 nitrogen and oxygen atoms in total. The number of hydrazone groups is 1. The van der Waals surface area contributed by atoms with Crippen molar-refractivity contribution < 1.29 is 9.84 Å². The number of rotatable bonds is 2. The quantitative estimate of drug-likeness (QED) is 0.766. The molecule has 0 aromatic heterocycles. The summed E-state index contributed by atoms with van der Waals surface area (Å²) in [5.41, 5.74) is 2.24. The minimum Gasteiger partial charge on any atom is -0.513 e. The molecule has 0 saturated carbocycles. The van der Waals surface area contributed by atoms with Gasteiger partial charge in [0.2, 0.25) is 5.72 Å². The van der Waals surface area contributed by atoms with Crippen molar-refractivity contribution in [2.45, 2.75) is 32.0 Å². The molecule has 2 unspecified atom stereocenters. The van der Waals surface area contributed by atoms with Gasteiger partial charge in [-0.25, -0.2) is 5.01 Å². The van der Waals surface area contributed by atoms with Crippen LogP contribution >= 0.6 is 11.6 Å². The first-order valence-electron chi connectivity index (χ1n) is 8.25. The molecular weight excluding hydrogens is 336 g/mol. The van der Waals surface area contributed by atoms with Crippen molar-refractivity contribution in [3.63, 3.8) is 0 Å². The van der Waals surface area contributed by atoms with E-state index in [4.69, 9.17) is 21.4 Å². The minimum absolute atomic E-state index is 0.0123. The highest BCUT2D eigenvalue weighted by atomic mass is 35.5. The number of fused-ring (bicyclic) bond motifs is 3. The van der Waals surface area contributed by atoms with E-state index < -0.39 is 5.72 Å². The molecular formula is C20H19ClN2O2. The maximum atomic E-state index is 9.85. The highest BCUT2D eigenvalue weighted by Crippen LogP contribution is 2.48. The second-order valence-corrected chi connectivity index (χ2v) is 7.04. The highest BCUT2D eigenvalue weighted by Gasteiger charge is 2.46. The number of aliphatic hydroxyl groups is 1. The number of benzene rings is 2. The molecule has 0 aliphatic carbocycles. The first kappa shape index (κ1) is 16.0. The summed E-state index contributed by atoms with van der Waals surface area (Å²) in [6, 6.07) is 15.8. The van der Waals surface area contributed by atoms with Gasteiger partial charge in [-0.15, -0.1) is 0 Å². The van der Waals surface area contributed by atoms with Crippen molar-refractivity contribution in [1.29, 1.82) is 0 Å². The van der Waals surface area contributed by atoms with Gasteiger partial charge in [0, 0.05) is 30.0 Å². The molecule has 2 aromatic rings. The van der Waals surface area contributed by atoms with Gasteiger partial charge in [0.15, 0.2) is 0 Å². The average Bonchev–Trinajstić information content (AvgIpc) is 3.03. The van der Waals surface area contributed by atoms with E-state index in [2.05, 4.69) is 12.1 Å². The molecule has 0 amide bonds. The number of aliphatic hydroxyl groups excluding tert-OH is 1. The second kappa shape index (κ2) is 5.81. The van der Waals surface area contributed by atoms with E-state index in [0.717, 1.165) is 29.0 Å². The highest BCUT2D eigenvalue weighted by molar-refractivity contribution is 6.30. The first-order valence-corrected chi connectivity index (χ1v) is 8.63. The van der Waals surface area contributed by atoms with Crippen LogP contribution in [-0.2, 0) is 0 Å². The normalized spacial score (nSPS) is 25.1. The van der Waals surface area contributed by atoms with Crippen molar-refractivity contribution in [3.05, 3.63) is 76.5 Å². The van der Waals surface area contributed by atoms with Crippen LogP contribution in [-0.4, -0.2) is 21.6 Å². The summed E-state index contributed by atoms with van der Waals surface area (Å²) in [7, 11) is 0. The summed E-state index contributed by atoms with van der Waals surface area (Å²) < 4.78 is 6.21. The zero-order valence-electron chi connectivity index (χ0n) is 14.1. The number of ether oxygens (including phenoxy) is 1. The maximum absolute atomic E-state index is 9.85. The van der Waals surface area contributed by atoms with E-state index in [-0.39, 0.29) is 11.8 Å². The third kappa shape index (κ3) is 2.76. The molecule has 25 heavy (non-hydrogen) atoms. The lowest BCUT2D eigenvalue weighted by Crippen LogP contribution is -2.50. The monoisotopic (exact) mass is 354 g/mol. The summed E-state index contributed by atoms with van der Waals surface area (Å²) >= 11 is 6.21. The third-order valence-corrected chi connectivity index (χ3v) is 4.83. The molecule has 5 heteroatoms. The van der Waals surface area contributed by atoms with Gasteiger partial charge in [0.05, 0.1) is 17.5 Å². The van der Waals surface area contributed by atoms with Crippen LogP contribution in [0.15, 0.2) is 65.5 Å². The molecule has 1 N–H and O–H groups in total. The molecule has 0 bridgehead atoms. The van der Waals surface area contributed by atoms with Crippen LogP contribution < -0.4 is 4.74 Å².